The molecule has 5 nitrogen and oxygen atoms in total. The van der Waals surface area contributed by atoms with E-state index in [-0.39, 0.29) is 17.4 Å². The number of hydrogen-bond acceptors (Lipinski definition) is 5. The number of fused-ring (bicyclic) bond motifs is 1. The van der Waals surface area contributed by atoms with Crippen LogP contribution in [0.15, 0.2) is 60.7 Å². The Balaban J connectivity index is 1.67. The van der Waals surface area contributed by atoms with E-state index in [1.54, 1.807) is 25.3 Å². The number of carboxylic acids is 1. The number of aromatic nitrogens is 1. The minimum atomic E-state index is -0.956. The van der Waals surface area contributed by atoms with Crippen molar-refractivity contribution >= 4 is 32.7 Å². The predicted octanol–water partition coefficient (Wildman–Crippen LogP) is 6.26. The number of aromatic carboxylic acids is 1. The number of aryl methyl sites for hydroxylation is 1. The summed E-state index contributed by atoms with van der Waals surface area (Å²) in [6, 6.07) is 17.7. The van der Waals surface area contributed by atoms with Crippen molar-refractivity contribution in [2.24, 2.45) is 0 Å². The summed E-state index contributed by atoms with van der Waals surface area (Å²) in [5, 5.41) is 9.95. The van der Waals surface area contributed by atoms with E-state index in [1.165, 1.54) is 23.0 Å². The third-order valence-electron chi connectivity index (χ3n) is 5.88. The molecule has 0 aliphatic heterocycles. The molecule has 1 heterocycles. The minimum Gasteiger partial charge on any atom is -0.497 e. The van der Waals surface area contributed by atoms with Crippen LogP contribution in [0.5, 0.6) is 5.75 Å². The van der Waals surface area contributed by atoms with E-state index < -0.39 is 5.97 Å². The van der Waals surface area contributed by atoms with Gasteiger partial charge >= 0.3 is 5.97 Å². The summed E-state index contributed by atoms with van der Waals surface area (Å²) in [6.07, 6.45) is 0.770. The highest BCUT2D eigenvalue weighted by molar-refractivity contribution is 7.22. The fourth-order valence-corrected chi connectivity index (χ4v) is 4.96. The van der Waals surface area contributed by atoms with Gasteiger partial charge in [-0.25, -0.2) is 14.2 Å². The van der Waals surface area contributed by atoms with Crippen LogP contribution in [0.2, 0.25) is 0 Å². The summed E-state index contributed by atoms with van der Waals surface area (Å²) in [7, 11) is 1.65. The Morgan fingerprint density at radius 2 is 1.94 bits per heavy atom. The molecule has 3 aromatic carbocycles. The van der Waals surface area contributed by atoms with Crippen LogP contribution in [0.1, 0.15) is 40.0 Å². The summed E-state index contributed by atoms with van der Waals surface area (Å²) in [5.74, 6) is -0.412. The van der Waals surface area contributed by atoms with Gasteiger partial charge in [0.25, 0.3) is 0 Å². The number of hydrogen-bond donors (Lipinski definition) is 1. The van der Waals surface area contributed by atoms with Gasteiger partial charge in [-0.15, -0.1) is 0 Å². The second-order valence-electron chi connectivity index (χ2n) is 7.92. The number of carboxylic acid groups (broad SMARTS) is 1. The van der Waals surface area contributed by atoms with E-state index in [4.69, 9.17) is 9.72 Å². The topological polar surface area (TPSA) is 62.7 Å². The van der Waals surface area contributed by atoms with Gasteiger partial charge in [0.1, 0.15) is 11.6 Å². The van der Waals surface area contributed by atoms with Crippen LogP contribution in [0, 0.1) is 12.7 Å². The van der Waals surface area contributed by atoms with E-state index in [0.717, 1.165) is 28.4 Å². The first-order chi connectivity index (χ1) is 15.9. The van der Waals surface area contributed by atoms with E-state index in [1.807, 2.05) is 30.3 Å². The van der Waals surface area contributed by atoms with Crippen molar-refractivity contribution in [3.63, 3.8) is 0 Å². The Labute approximate surface area is 196 Å². The zero-order valence-electron chi connectivity index (χ0n) is 18.7. The molecule has 0 bridgehead atoms. The molecule has 0 saturated carbocycles. The van der Waals surface area contributed by atoms with Crippen LogP contribution in [-0.4, -0.2) is 29.7 Å². The maximum atomic E-state index is 14.4. The minimum absolute atomic E-state index is 0.0879. The van der Waals surface area contributed by atoms with Crippen molar-refractivity contribution in [3.05, 3.63) is 88.7 Å². The van der Waals surface area contributed by atoms with Crippen molar-refractivity contribution in [1.82, 2.24) is 4.98 Å². The Morgan fingerprint density at radius 1 is 1.18 bits per heavy atom. The highest BCUT2D eigenvalue weighted by Gasteiger charge is 2.21. The van der Waals surface area contributed by atoms with E-state index in [2.05, 4.69) is 24.8 Å². The fraction of sp³-hybridized carbons (Fsp3) is 0.231. The molecule has 0 radical (unpaired) electrons. The quantitative estimate of drug-likeness (QED) is 0.333. The molecule has 33 heavy (non-hydrogen) atoms. The van der Waals surface area contributed by atoms with Gasteiger partial charge in [0.2, 0.25) is 0 Å². The molecule has 1 aromatic heterocycles. The molecule has 4 rings (SSSR count). The zero-order valence-corrected chi connectivity index (χ0v) is 19.5. The van der Waals surface area contributed by atoms with Crippen molar-refractivity contribution in [2.45, 2.75) is 26.3 Å². The Hall–Kier alpha value is -3.45. The van der Waals surface area contributed by atoms with E-state index in [9.17, 15) is 14.3 Å². The number of halogens is 1. The van der Waals surface area contributed by atoms with E-state index >= 15 is 0 Å². The molecule has 1 unspecified atom stereocenters. The van der Waals surface area contributed by atoms with Crippen LogP contribution in [0.4, 0.5) is 9.52 Å². The van der Waals surface area contributed by atoms with Crippen LogP contribution in [0.25, 0.3) is 10.2 Å². The molecule has 170 valence electrons. The second-order valence-corrected chi connectivity index (χ2v) is 8.90. The molecule has 1 atom stereocenters. The lowest BCUT2D eigenvalue weighted by atomic mass is 10.0. The number of methoxy groups -OCH3 is 1. The number of benzene rings is 3. The van der Waals surface area contributed by atoms with Crippen LogP contribution >= 0.6 is 11.3 Å². The Bertz CT molecular complexity index is 1290. The van der Waals surface area contributed by atoms with Crippen LogP contribution in [0.3, 0.4) is 0 Å². The van der Waals surface area contributed by atoms with Crippen molar-refractivity contribution in [3.8, 4) is 5.75 Å². The van der Waals surface area contributed by atoms with Gasteiger partial charge in [-0.2, -0.15) is 0 Å². The maximum Gasteiger partial charge on any atom is 0.335 e. The van der Waals surface area contributed by atoms with Gasteiger partial charge in [-0.3, -0.25) is 0 Å². The van der Waals surface area contributed by atoms with Crippen LogP contribution < -0.4 is 9.64 Å². The monoisotopic (exact) mass is 464 g/mol. The van der Waals surface area contributed by atoms with Crippen molar-refractivity contribution in [2.75, 3.05) is 18.6 Å². The molecule has 0 spiro atoms. The molecular weight excluding hydrogens is 439 g/mol. The summed E-state index contributed by atoms with van der Waals surface area (Å²) in [6.45, 7) is 4.78. The van der Waals surface area contributed by atoms with E-state index in [0.29, 0.717) is 16.8 Å². The molecule has 0 fully saturated rings. The standard InChI is InChI=1S/C26H25FN2O3S/c1-16-15-21(32-3)12-11-18(16)13-14-29(17(2)19-7-9-20(10-8-19)25(30)31)26-28-23-6-4-5-22(27)24(23)33-26/h4-12,15,17H,13-14H2,1-3H3,(H,30,31). The largest absolute Gasteiger partial charge is 0.497 e. The van der Waals surface area contributed by atoms with Gasteiger partial charge in [-0.1, -0.05) is 35.6 Å². The SMILES string of the molecule is COc1ccc(CCN(c2nc3cccc(F)c3s2)C(C)c2ccc(C(=O)O)cc2)c(C)c1. The molecular formula is C26H25FN2O3S. The van der Waals surface area contributed by atoms with Gasteiger partial charge in [0.05, 0.1) is 28.9 Å². The summed E-state index contributed by atoms with van der Waals surface area (Å²) < 4.78 is 20.2. The number of rotatable bonds is 8. The average Bonchev–Trinajstić information content (AvgIpc) is 3.25. The third-order valence-corrected chi connectivity index (χ3v) is 7.00. The van der Waals surface area contributed by atoms with Gasteiger partial charge < -0.3 is 14.7 Å². The lowest BCUT2D eigenvalue weighted by Crippen LogP contribution is -2.29. The lowest BCUT2D eigenvalue weighted by molar-refractivity contribution is 0.0697. The summed E-state index contributed by atoms with van der Waals surface area (Å²) >= 11 is 1.33. The number of anilines is 1. The molecule has 1 N–H and O–H groups in total. The molecule has 0 saturated heterocycles. The highest BCUT2D eigenvalue weighted by atomic mass is 32.1. The molecule has 0 aliphatic rings. The predicted molar refractivity (Wildman–Crippen MR) is 130 cm³/mol. The first-order valence-corrected chi connectivity index (χ1v) is 11.5. The Morgan fingerprint density at radius 3 is 2.58 bits per heavy atom. The first-order valence-electron chi connectivity index (χ1n) is 10.7. The van der Waals surface area contributed by atoms with Gasteiger partial charge in [-0.05, 0) is 73.4 Å². The Kier molecular flexibility index (Phi) is 6.60. The summed E-state index contributed by atoms with van der Waals surface area (Å²) in [4.78, 5) is 18.1. The number of nitrogens with zero attached hydrogens (tertiary/aromatic N) is 2. The fourth-order valence-electron chi connectivity index (χ4n) is 3.88. The van der Waals surface area contributed by atoms with Crippen molar-refractivity contribution in [1.29, 1.82) is 0 Å². The van der Waals surface area contributed by atoms with Gasteiger partial charge in [0.15, 0.2) is 5.13 Å². The molecule has 4 aromatic rings. The maximum absolute atomic E-state index is 14.4. The zero-order chi connectivity index (χ0) is 23.5. The number of thiazole rings is 1. The number of carbonyl (C=O) groups is 1. The molecule has 0 amide bonds. The van der Waals surface area contributed by atoms with Gasteiger partial charge in [0, 0.05) is 6.54 Å². The average molecular weight is 465 g/mol. The normalized spacial score (nSPS) is 12.0. The third kappa shape index (κ3) is 4.83. The lowest BCUT2D eigenvalue weighted by Gasteiger charge is -2.29. The summed E-state index contributed by atoms with van der Waals surface area (Å²) in [5.41, 5.74) is 4.18. The van der Waals surface area contributed by atoms with Crippen molar-refractivity contribution < 1.29 is 19.0 Å². The van der Waals surface area contributed by atoms with Crippen LogP contribution in [-0.2, 0) is 6.42 Å². The molecule has 0 aliphatic carbocycles. The first kappa shape index (κ1) is 22.7. The molecule has 7 heteroatoms. The highest BCUT2D eigenvalue weighted by Crippen LogP contribution is 2.35. The second kappa shape index (κ2) is 9.58. The smallest absolute Gasteiger partial charge is 0.335 e. The number of ether oxygens (including phenoxy) is 1.